The molecular formula is C16H32N2. The maximum atomic E-state index is 3.62. The van der Waals surface area contributed by atoms with Gasteiger partial charge < -0.3 is 5.32 Å². The highest BCUT2D eigenvalue weighted by atomic mass is 15.2. The van der Waals surface area contributed by atoms with Crippen LogP contribution in [0.5, 0.6) is 0 Å². The molecule has 2 atom stereocenters. The van der Waals surface area contributed by atoms with Crippen molar-refractivity contribution in [2.75, 3.05) is 26.2 Å². The van der Waals surface area contributed by atoms with Gasteiger partial charge in [-0.25, -0.2) is 0 Å². The summed E-state index contributed by atoms with van der Waals surface area (Å²) in [5.74, 6) is 1.86. The molecule has 1 N–H and O–H groups in total. The van der Waals surface area contributed by atoms with Gasteiger partial charge in [0.2, 0.25) is 0 Å². The fourth-order valence-corrected chi connectivity index (χ4v) is 3.74. The molecule has 1 aliphatic heterocycles. The molecule has 1 aliphatic carbocycles. The van der Waals surface area contributed by atoms with Gasteiger partial charge in [-0.15, -0.1) is 0 Å². The average molecular weight is 252 g/mol. The molecule has 0 bridgehead atoms. The summed E-state index contributed by atoms with van der Waals surface area (Å²) in [6.07, 6.45) is 10.2. The van der Waals surface area contributed by atoms with Crippen molar-refractivity contribution >= 4 is 0 Å². The van der Waals surface area contributed by atoms with Gasteiger partial charge >= 0.3 is 0 Å². The Morgan fingerprint density at radius 2 is 1.83 bits per heavy atom. The van der Waals surface area contributed by atoms with Crippen molar-refractivity contribution in [1.82, 2.24) is 10.2 Å². The lowest BCUT2D eigenvalue weighted by Crippen LogP contribution is -2.48. The lowest BCUT2D eigenvalue weighted by Gasteiger charge is -2.44. The Balaban J connectivity index is 1.65. The molecule has 2 fully saturated rings. The number of piperidine rings is 1. The summed E-state index contributed by atoms with van der Waals surface area (Å²) >= 11 is 0. The van der Waals surface area contributed by atoms with Crippen molar-refractivity contribution in [3.05, 3.63) is 0 Å². The van der Waals surface area contributed by atoms with Crippen LogP contribution in [-0.4, -0.2) is 37.1 Å². The van der Waals surface area contributed by atoms with Crippen LogP contribution in [0.15, 0.2) is 0 Å². The maximum absolute atomic E-state index is 3.62. The molecule has 2 heteroatoms. The summed E-state index contributed by atoms with van der Waals surface area (Å²) < 4.78 is 0. The Hall–Kier alpha value is -0.0800. The highest BCUT2D eigenvalue weighted by molar-refractivity contribution is 4.87. The van der Waals surface area contributed by atoms with Gasteiger partial charge in [0.1, 0.15) is 0 Å². The molecule has 2 nitrogen and oxygen atoms in total. The van der Waals surface area contributed by atoms with E-state index in [-0.39, 0.29) is 0 Å². The number of fused-ring (bicyclic) bond motifs is 1. The van der Waals surface area contributed by atoms with E-state index in [4.69, 9.17) is 0 Å². The van der Waals surface area contributed by atoms with E-state index in [0.29, 0.717) is 0 Å². The molecule has 0 amide bonds. The Kier molecular flexibility index (Phi) is 5.97. The van der Waals surface area contributed by atoms with Crippen molar-refractivity contribution in [2.24, 2.45) is 11.8 Å². The Morgan fingerprint density at radius 3 is 2.67 bits per heavy atom. The third kappa shape index (κ3) is 4.24. The van der Waals surface area contributed by atoms with E-state index in [1.807, 2.05) is 0 Å². The predicted molar refractivity (Wildman–Crippen MR) is 78.9 cm³/mol. The van der Waals surface area contributed by atoms with E-state index < -0.39 is 0 Å². The van der Waals surface area contributed by atoms with Gasteiger partial charge in [-0.2, -0.15) is 0 Å². The molecule has 2 aliphatic rings. The Bertz CT molecular complexity index is 225. The smallest absolute Gasteiger partial charge is 0.0124 e. The van der Waals surface area contributed by atoms with Gasteiger partial charge in [0, 0.05) is 19.1 Å². The van der Waals surface area contributed by atoms with Crippen LogP contribution in [0.4, 0.5) is 0 Å². The fourth-order valence-electron chi connectivity index (χ4n) is 3.74. The third-order valence-electron chi connectivity index (χ3n) is 4.83. The Morgan fingerprint density at radius 1 is 1.06 bits per heavy atom. The SMILES string of the molecule is CC(C)CCNCCN1CCCC2CCCCC21. The normalized spacial score (nSPS) is 29.5. The molecule has 0 aromatic rings. The second kappa shape index (κ2) is 7.49. The van der Waals surface area contributed by atoms with E-state index in [0.717, 1.165) is 17.9 Å². The molecule has 0 radical (unpaired) electrons. The lowest BCUT2D eigenvalue weighted by molar-refractivity contribution is 0.0618. The van der Waals surface area contributed by atoms with E-state index in [2.05, 4.69) is 24.1 Å². The molecule has 0 spiro atoms. The lowest BCUT2D eigenvalue weighted by atomic mass is 9.78. The molecule has 0 aromatic carbocycles. The largest absolute Gasteiger partial charge is 0.315 e. The predicted octanol–water partition coefficient (Wildman–Crippen LogP) is 3.28. The first kappa shape index (κ1) is 14.3. The van der Waals surface area contributed by atoms with Crippen LogP contribution in [0, 0.1) is 11.8 Å². The number of likely N-dealkylation sites (tertiary alicyclic amines) is 1. The van der Waals surface area contributed by atoms with E-state index >= 15 is 0 Å². The Labute approximate surface area is 114 Å². The van der Waals surface area contributed by atoms with Gasteiger partial charge in [-0.3, -0.25) is 4.90 Å². The first-order valence-corrected chi connectivity index (χ1v) is 8.22. The first-order chi connectivity index (χ1) is 8.77. The number of nitrogens with one attached hydrogen (secondary N) is 1. The molecule has 1 heterocycles. The minimum atomic E-state index is 0.829. The molecule has 18 heavy (non-hydrogen) atoms. The van der Waals surface area contributed by atoms with Crippen molar-refractivity contribution in [2.45, 2.75) is 64.8 Å². The topological polar surface area (TPSA) is 15.3 Å². The zero-order valence-corrected chi connectivity index (χ0v) is 12.5. The van der Waals surface area contributed by atoms with E-state index in [1.165, 1.54) is 71.1 Å². The van der Waals surface area contributed by atoms with Crippen LogP contribution in [0.2, 0.25) is 0 Å². The van der Waals surface area contributed by atoms with Crippen molar-refractivity contribution in [3.63, 3.8) is 0 Å². The minimum Gasteiger partial charge on any atom is -0.315 e. The van der Waals surface area contributed by atoms with Gasteiger partial charge in [-0.1, -0.05) is 26.7 Å². The molecule has 1 saturated heterocycles. The molecular weight excluding hydrogens is 220 g/mol. The van der Waals surface area contributed by atoms with E-state index in [1.54, 1.807) is 0 Å². The zero-order chi connectivity index (χ0) is 12.8. The van der Waals surface area contributed by atoms with E-state index in [9.17, 15) is 0 Å². The summed E-state index contributed by atoms with van der Waals surface area (Å²) in [7, 11) is 0. The quantitative estimate of drug-likeness (QED) is 0.730. The van der Waals surface area contributed by atoms with Gasteiger partial charge in [0.05, 0.1) is 0 Å². The van der Waals surface area contributed by atoms with Crippen molar-refractivity contribution in [1.29, 1.82) is 0 Å². The number of hydrogen-bond donors (Lipinski definition) is 1. The summed E-state index contributed by atoms with van der Waals surface area (Å²) in [5.41, 5.74) is 0. The van der Waals surface area contributed by atoms with Crippen LogP contribution in [0.1, 0.15) is 58.8 Å². The third-order valence-corrected chi connectivity index (χ3v) is 4.83. The van der Waals surface area contributed by atoms with Gasteiger partial charge in [0.15, 0.2) is 0 Å². The standard InChI is InChI=1S/C16H32N2/c1-14(2)9-10-17-11-13-18-12-5-7-15-6-3-4-8-16(15)18/h14-17H,3-13H2,1-2H3. The number of rotatable bonds is 6. The monoisotopic (exact) mass is 252 g/mol. The van der Waals surface area contributed by atoms with Gasteiger partial charge in [-0.05, 0) is 57.0 Å². The van der Waals surface area contributed by atoms with Crippen molar-refractivity contribution in [3.8, 4) is 0 Å². The summed E-state index contributed by atoms with van der Waals surface area (Å²) in [6, 6.07) is 0.930. The fraction of sp³-hybridized carbons (Fsp3) is 1.00. The molecule has 2 rings (SSSR count). The zero-order valence-electron chi connectivity index (χ0n) is 12.5. The highest BCUT2D eigenvalue weighted by Gasteiger charge is 2.32. The molecule has 2 unspecified atom stereocenters. The van der Waals surface area contributed by atoms with Crippen molar-refractivity contribution < 1.29 is 0 Å². The van der Waals surface area contributed by atoms with Crippen LogP contribution < -0.4 is 5.32 Å². The number of hydrogen-bond acceptors (Lipinski definition) is 2. The maximum Gasteiger partial charge on any atom is 0.0124 e. The second-order valence-corrected chi connectivity index (χ2v) is 6.72. The summed E-state index contributed by atoms with van der Waals surface area (Å²) in [6.45, 7) is 9.62. The first-order valence-electron chi connectivity index (χ1n) is 8.22. The highest BCUT2D eigenvalue weighted by Crippen LogP contribution is 2.34. The summed E-state index contributed by atoms with van der Waals surface area (Å²) in [5, 5.41) is 3.62. The second-order valence-electron chi connectivity index (χ2n) is 6.72. The molecule has 1 saturated carbocycles. The summed E-state index contributed by atoms with van der Waals surface area (Å²) in [4.78, 5) is 2.79. The molecule has 0 aromatic heterocycles. The van der Waals surface area contributed by atoms with Gasteiger partial charge in [0.25, 0.3) is 0 Å². The average Bonchev–Trinajstić information content (AvgIpc) is 2.38. The van der Waals surface area contributed by atoms with Crippen LogP contribution in [0.25, 0.3) is 0 Å². The molecule has 106 valence electrons. The number of nitrogens with zero attached hydrogens (tertiary/aromatic N) is 1. The van der Waals surface area contributed by atoms with Crippen LogP contribution in [-0.2, 0) is 0 Å². The minimum absolute atomic E-state index is 0.829. The van der Waals surface area contributed by atoms with Crippen LogP contribution in [0.3, 0.4) is 0 Å². The van der Waals surface area contributed by atoms with Crippen LogP contribution >= 0.6 is 0 Å².